The number of carbonyl (C=O) groups is 1. The highest BCUT2D eigenvalue weighted by Crippen LogP contribution is 2.38. The summed E-state index contributed by atoms with van der Waals surface area (Å²) in [6.07, 6.45) is 6.93. The molecule has 0 aliphatic carbocycles. The van der Waals surface area contributed by atoms with Gasteiger partial charge in [0.1, 0.15) is 28.5 Å². The number of alkyl halides is 3. The molecule has 4 aromatic rings. The highest BCUT2D eigenvalue weighted by molar-refractivity contribution is 5.85. The minimum Gasteiger partial charge on any atom is -0.382 e. The lowest BCUT2D eigenvalue weighted by Crippen LogP contribution is -2.47. The number of hydrogen-bond acceptors (Lipinski definition) is 6. The maximum Gasteiger partial charge on any atom is 0.417 e. The summed E-state index contributed by atoms with van der Waals surface area (Å²) in [6.45, 7) is 1.99. The second-order valence-electron chi connectivity index (χ2n) is 10.5. The van der Waals surface area contributed by atoms with Crippen LogP contribution in [0.3, 0.4) is 0 Å². The Kier molecular flexibility index (Phi) is 6.14. The van der Waals surface area contributed by atoms with Gasteiger partial charge in [-0.2, -0.15) is 13.2 Å². The van der Waals surface area contributed by atoms with Crippen LogP contribution in [0.2, 0.25) is 0 Å². The summed E-state index contributed by atoms with van der Waals surface area (Å²) in [5, 5.41) is 11.2. The van der Waals surface area contributed by atoms with E-state index in [2.05, 4.69) is 16.0 Å². The van der Waals surface area contributed by atoms with Crippen LogP contribution in [0.25, 0.3) is 16.8 Å². The van der Waals surface area contributed by atoms with Crippen molar-refractivity contribution in [1.82, 2.24) is 24.3 Å². The van der Waals surface area contributed by atoms with Crippen LogP contribution in [0.4, 0.5) is 19.0 Å². The van der Waals surface area contributed by atoms with Gasteiger partial charge in [-0.15, -0.1) is 0 Å². The molecule has 206 valence electrons. The molecule has 40 heavy (non-hydrogen) atoms. The Bertz CT molecular complexity index is 1630. The van der Waals surface area contributed by atoms with E-state index >= 15 is 0 Å². The average Bonchev–Trinajstić information content (AvgIpc) is 3.34. The van der Waals surface area contributed by atoms with Crippen LogP contribution in [0, 0.1) is 0 Å². The number of nitrogens with zero attached hydrogens (tertiary/aromatic N) is 5. The molecule has 1 fully saturated rings. The largest absolute Gasteiger partial charge is 0.417 e. The van der Waals surface area contributed by atoms with Gasteiger partial charge in [0.2, 0.25) is 5.91 Å². The topological polar surface area (TPSA) is 110 Å². The highest BCUT2D eigenvalue weighted by atomic mass is 19.4. The summed E-state index contributed by atoms with van der Waals surface area (Å²) in [5.41, 5.74) is 6.00. The third-order valence-corrected chi connectivity index (χ3v) is 7.92. The summed E-state index contributed by atoms with van der Waals surface area (Å²) in [4.78, 5) is 27.4. The van der Waals surface area contributed by atoms with Gasteiger partial charge in [0.05, 0.1) is 11.6 Å². The third kappa shape index (κ3) is 4.40. The first-order valence-electron chi connectivity index (χ1n) is 13.0. The number of halogens is 3. The molecule has 3 N–H and O–H groups in total. The van der Waals surface area contributed by atoms with Crippen molar-refractivity contribution in [2.45, 2.75) is 49.9 Å². The number of hydrogen-bond donors (Lipinski definition) is 2. The second kappa shape index (κ2) is 9.44. The van der Waals surface area contributed by atoms with Crippen LogP contribution in [0.5, 0.6) is 0 Å². The van der Waals surface area contributed by atoms with Crippen LogP contribution >= 0.6 is 0 Å². The first-order valence-corrected chi connectivity index (χ1v) is 13.0. The van der Waals surface area contributed by atoms with Crippen molar-refractivity contribution in [3.63, 3.8) is 0 Å². The van der Waals surface area contributed by atoms with E-state index in [1.54, 1.807) is 36.7 Å². The van der Waals surface area contributed by atoms with Gasteiger partial charge in [-0.25, -0.2) is 9.97 Å². The molecule has 0 unspecified atom stereocenters. The molecule has 0 saturated carbocycles. The quantitative estimate of drug-likeness (QED) is 0.359. The summed E-state index contributed by atoms with van der Waals surface area (Å²) < 4.78 is 41.6. The van der Waals surface area contributed by atoms with Crippen molar-refractivity contribution in [3.05, 3.63) is 89.8 Å². The van der Waals surface area contributed by atoms with Crippen LogP contribution < -0.4 is 5.73 Å². The molecule has 3 aromatic heterocycles. The van der Waals surface area contributed by atoms with E-state index < -0.39 is 17.3 Å². The van der Waals surface area contributed by atoms with Crippen LogP contribution in [0.1, 0.15) is 54.6 Å². The van der Waals surface area contributed by atoms with Crippen molar-refractivity contribution in [1.29, 1.82) is 0 Å². The predicted molar refractivity (Wildman–Crippen MR) is 142 cm³/mol. The van der Waals surface area contributed by atoms with Gasteiger partial charge in [-0.3, -0.25) is 14.2 Å². The standard InChI is InChI=1S/C29H27F3N6O2/c1-28(40,20-13-21(15-34-14-20)29(30,31)32)19-8-5-17(6-9-19)24-25-26(33)35-11-12-37(25)27(36-24)18-7-10-22-3-2-4-23(39)38(22)16-18/h2-3,5-6,8-9,11-15,18,22,40H,4,7,10,16H2,1H3,(H2,33,35)/t18-,22-,28+/m1/s1. The molecule has 1 saturated heterocycles. The van der Waals surface area contributed by atoms with E-state index in [4.69, 9.17) is 10.7 Å². The number of rotatable bonds is 4. The smallest absolute Gasteiger partial charge is 0.382 e. The van der Waals surface area contributed by atoms with Crippen molar-refractivity contribution in [2.24, 2.45) is 0 Å². The van der Waals surface area contributed by atoms with Gasteiger partial charge in [-0.05, 0) is 31.4 Å². The number of nitrogens with two attached hydrogens (primary N) is 1. The number of carbonyl (C=O) groups excluding carboxylic acids is 1. The SMILES string of the molecule is C[C@](O)(c1ccc(-c2nc([C@@H]3CC[C@H]4C=CCC(=O)N4C3)n3ccnc(N)c23)cc1)c1cncc(C(F)(F)F)c1. The average molecular weight is 549 g/mol. The van der Waals surface area contributed by atoms with Gasteiger partial charge in [0.15, 0.2) is 0 Å². The molecule has 1 amide bonds. The Morgan fingerprint density at radius 1 is 1.07 bits per heavy atom. The van der Waals surface area contributed by atoms with Gasteiger partial charge >= 0.3 is 6.18 Å². The van der Waals surface area contributed by atoms with E-state index in [1.807, 2.05) is 15.4 Å². The van der Waals surface area contributed by atoms with Gasteiger partial charge in [-0.1, -0.05) is 36.4 Å². The molecule has 2 aliphatic rings. The van der Waals surface area contributed by atoms with E-state index in [1.165, 1.54) is 13.1 Å². The molecule has 11 heteroatoms. The molecule has 6 rings (SSSR count). The molecule has 5 heterocycles. The van der Waals surface area contributed by atoms with Gasteiger partial charge in [0.25, 0.3) is 0 Å². The zero-order valence-electron chi connectivity index (χ0n) is 21.6. The minimum absolute atomic E-state index is 0.00293. The zero-order chi connectivity index (χ0) is 28.2. The third-order valence-electron chi connectivity index (χ3n) is 7.92. The number of amides is 1. The van der Waals surface area contributed by atoms with E-state index in [0.717, 1.165) is 30.9 Å². The molecular formula is C29H27F3N6O2. The first kappa shape index (κ1) is 26.0. The van der Waals surface area contributed by atoms with Crippen molar-refractivity contribution >= 4 is 17.2 Å². The Balaban J connectivity index is 1.36. The summed E-state index contributed by atoms with van der Waals surface area (Å²) in [7, 11) is 0. The Labute approximate surface area is 228 Å². The Morgan fingerprint density at radius 3 is 2.58 bits per heavy atom. The summed E-state index contributed by atoms with van der Waals surface area (Å²) in [6, 6.07) is 7.81. The summed E-state index contributed by atoms with van der Waals surface area (Å²) in [5.74, 6) is 1.19. The maximum atomic E-state index is 13.2. The molecule has 1 aromatic carbocycles. The Morgan fingerprint density at radius 2 is 1.82 bits per heavy atom. The molecule has 0 bridgehead atoms. The van der Waals surface area contributed by atoms with Gasteiger partial charge in [0, 0.05) is 54.8 Å². The predicted octanol–water partition coefficient (Wildman–Crippen LogP) is 4.68. The molecule has 8 nitrogen and oxygen atoms in total. The van der Waals surface area contributed by atoms with E-state index in [9.17, 15) is 23.1 Å². The van der Waals surface area contributed by atoms with Crippen molar-refractivity contribution < 1.29 is 23.1 Å². The minimum atomic E-state index is -4.58. The molecule has 2 aliphatic heterocycles. The van der Waals surface area contributed by atoms with E-state index in [-0.39, 0.29) is 23.4 Å². The molecule has 0 spiro atoms. The zero-order valence-corrected chi connectivity index (χ0v) is 21.6. The Hall–Kier alpha value is -4.25. The lowest BCUT2D eigenvalue weighted by atomic mass is 9.88. The number of anilines is 1. The first-order chi connectivity index (χ1) is 19.0. The number of benzene rings is 1. The maximum absolute atomic E-state index is 13.2. The summed E-state index contributed by atoms with van der Waals surface area (Å²) >= 11 is 0. The number of piperidine rings is 1. The van der Waals surface area contributed by atoms with Crippen LogP contribution in [-0.2, 0) is 16.6 Å². The van der Waals surface area contributed by atoms with Crippen molar-refractivity contribution in [3.8, 4) is 11.3 Å². The number of aromatic nitrogens is 4. The fraction of sp³-hybridized carbons (Fsp3) is 0.310. The fourth-order valence-electron chi connectivity index (χ4n) is 5.69. The molecular weight excluding hydrogens is 521 g/mol. The molecule has 0 radical (unpaired) electrons. The monoisotopic (exact) mass is 548 g/mol. The van der Waals surface area contributed by atoms with Gasteiger partial charge < -0.3 is 15.7 Å². The number of aliphatic hydroxyl groups is 1. The lowest BCUT2D eigenvalue weighted by molar-refractivity contribution is -0.138. The number of fused-ring (bicyclic) bond motifs is 2. The van der Waals surface area contributed by atoms with Crippen LogP contribution in [-0.4, -0.2) is 47.9 Å². The second-order valence-corrected chi connectivity index (χ2v) is 10.5. The number of pyridine rings is 1. The van der Waals surface area contributed by atoms with E-state index in [0.29, 0.717) is 41.1 Å². The highest BCUT2D eigenvalue weighted by Gasteiger charge is 2.36. The van der Waals surface area contributed by atoms with Crippen molar-refractivity contribution in [2.75, 3.05) is 12.3 Å². The normalized spacial score (nSPS) is 20.9. The lowest BCUT2D eigenvalue weighted by Gasteiger charge is -2.39. The fourth-order valence-corrected chi connectivity index (χ4v) is 5.69. The molecule has 3 atom stereocenters. The van der Waals surface area contributed by atoms with Crippen LogP contribution in [0.15, 0.2) is 67.3 Å². The number of imidazole rings is 1. The number of nitrogen functional groups attached to an aromatic ring is 1.